The Labute approximate surface area is 210 Å². The lowest BCUT2D eigenvalue weighted by Gasteiger charge is -2.39. The Morgan fingerprint density at radius 1 is 1.09 bits per heavy atom. The number of benzene rings is 1. The summed E-state index contributed by atoms with van der Waals surface area (Å²) in [5.74, 6) is 2.03. The lowest BCUT2D eigenvalue weighted by atomic mass is 9.92. The zero-order chi connectivity index (χ0) is 22.1. The Balaban J connectivity index is 0.00000363. The van der Waals surface area contributed by atoms with Crippen molar-refractivity contribution < 1.29 is 14.6 Å². The van der Waals surface area contributed by atoms with Gasteiger partial charge in [0.05, 0.1) is 26.9 Å². The first kappa shape index (κ1) is 27.0. The van der Waals surface area contributed by atoms with Crippen molar-refractivity contribution in [3.8, 4) is 11.5 Å². The number of hydrogen-bond donors (Lipinski definition) is 3. The minimum atomic E-state index is -0.705. The van der Waals surface area contributed by atoms with E-state index in [9.17, 15) is 5.11 Å². The molecule has 2 fully saturated rings. The maximum absolute atomic E-state index is 10.6. The van der Waals surface area contributed by atoms with Crippen LogP contribution in [-0.4, -0.2) is 68.4 Å². The van der Waals surface area contributed by atoms with Crippen molar-refractivity contribution in [3.05, 3.63) is 23.8 Å². The number of guanidine groups is 1. The van der Waals surface area contributed by atoms with E-state index in [1.807, 2.05) is 12.1 Å². The Morgan fingerprint density at radius 2 is 1.78 bits per heavy atom. The molecule has 0 aromatic heterocycles. The fourth-order valence-corrected chi connectivity index (χ4v) is 4.71. The van der Waals surface area contributed by atoms with Gasteiger partial charge in [0.15, 0.2) is 17.5 Å². The van der Waals surface area contributed by atoms with Gasteiger partial charge < -0.3 is 30.1 Å². The molecule has 0 bridgehead atoms. The monoisotopic (exact) mass is 560 g/mol. The number of nitrogens with one attached hydrogen (secondary N) is 2. The summed E-state index contributed by atoms with van der Waals surface area (Å²) >= 11 is 0. The van der Waals surface area contributed by atoms with Crippen molar-refractivity contribution in [2.75, 3.05) is 40.4 Å². The van der Waals surface area contributed by atoms with Crippen molar-refractivity contribution in [2.45, 2.75) is 70.1 Å². The van der Waals surface area contributed by atoms with Crippen LogP contribution in [0.25, 0.3) is 0 Å². The molecule has 0 spiro atoms. The van der Waals surface area contributed by atoms with Gasteiger partial charge >= 0.3 is 0 Å². The highest BCUT2D eigenvalue weighted by molar-refractivity contribution is 14.0. The third kappa shape index (κ3) is 7.66. The lowest BCUT2D eigenvalue weighted by molar-refractivity contribution is 0.119. The summed E-state index contributed by atoms with van der Waals surface area (Å²) in [6, 6.07) is 6.69. The van der Waals surface area contributed by atoms with E-state index in [0.29, 0.717) is 17.5 Å². The first-order valence-electron chi connectivity index (χ1n) is 11.8. The van der Waals surface area contributed by atoms with Gasteiger partial charge in [-0.15, -0.1) is 24.0 Å². The number of piperidine rings is 1. The number of nitrogens with zero attached hydrogens (tertiary/aromatic N) is 2. The molecular formula is C24H41IN4O3. The summed E-state index contributed by atoms with van der Waals surface area (Å²) < 4.78 is 10.6. The van der Waals surface area contributed by atoms with E-state index >= 15 is 0 Å². The molecule has 3 rings (SSSR count). The smallest absolute Gasteiger partial charge is 0.191 e. The first-order valence-corrected chi connectivity index (χ1v) is 11.8. The third-order valence-corrected chi connectivity index (χ3v) is 6.52. The van der Waals surface area contributed by atoms with Crippen LogP contribution in [0.2, 0.25) is 0 Å². The molecule has 1 aliphatic heterocycles. The molecule has 1 saturated heterocycles. The molecule has 7 nitrogen and oxygen atoms in total. The van der Waals surface area contributed by atoms with E-state index < -0.39 is 6.10 Å². The summed E-state index contributed by atoms with van der Waals surface area (Å²) in [6.07, 6.45) is 8.51. The predicted molar refractivity (Wildman–Crippen MR) is 141 cm³/mol. The van der Waals surface area contributed by atoms with Crippen molar-refractivity contribution in [3.63, 3.8) is 0 Å². The van der Waals surface area contributed by atoms with Gasteiger partial charge in [0.25, 0.3) is 0 Å². The van der Waals surface area contributed by atoms with E-state index in [0.717, 1.165) is 50.0 Å². The molecule has 3 N–H and O–H groups in total. The van der Waals surface area contributed by atoms with Crippen LogP contribution in [0.15, 0.2) is 23.2 Å². The van der Waals surface area contributed by atoms with Crippen LogP contribution in [0.4, 0.5) is 0 Å². The number of aliphatic hydroxyl groups excluding tert-OH is 1. The Morgan fingerprint density at radius 3 is 2.41 bits per heavy atom. The standard InChI is InChI=1S/C24H40N4O3.HI/c1-4-25-24(26-17-21(29)18-10-11-22(30-2)23(16-18)31-3)27-19-12-14-28(15-13-19)20-8-6-5-7-9-20;/h10-11,16,19-21,29H,4-9,12-15,17H2,1-3H3,(H2,25,26,27);1H. The number of halogens is 1. The van der Waals surface area contributed by atoms with Gasteiger partial charge in [0.2, 0.25) is 0 Å². The summed E-state index contributed by atoms with van der Waals surface area (Å²) in [5, 5.41) is 17.5. The van der Waals surface area contributed by atoms with E-state index in [1.165, 1.54) is 32.1 Å². The number of likely N-dealkylation sites (tertiary alicyclic amines) is 1. The highest BCUT2D eigenvalue weighted by atomic mass is 127. The molecule has 182 valence electrons. The highest BCUT2D eigenvalue weighted by Crippen LogP contribution is 2.30. The average molecular weight is 561 g/mol. The lowest BCUT2D eigenvalue weighted by Crippen LogP contribution is -2.51. The van der Waals surface area contributed by atoms with Crippen molar-refractivity contribution in [2.24, 2.45) is 4.99 Å². The Bertz CT molecular complexity index is 704. The summed E-state index contributed by atoms with van der Waals surface area (Å²) in [5.41, 5.74) is 0.762. The van der Waals surface area contributed by atoms with E-state index in [4.69, 9.17) is 9.47 Å². The summed E-state index contributed by atoms with van der Waals surface area (Å²) in [7, 11) is 3.20. The molecule has 8 heteroatoms. The summed E-state index contributed by atoms with van der Waals surface area (Å²) in [4.78, 5) is 7.35. The second-order valence-electron chi connectivity index (χ2n) is 8.60. The normalized spacial score (nSPS) is 19.7. The number of ether oxygens (including phenoxy) is 2. The third-order valence-electron chi connectivity index (χ3n) is 6.52. The molecule has 1 saturated carbocycles. The molecule has 0 radical (unpaired) electrons. The SMILES string of the molecule is CCNC(=NCC(O)c1ccc(OC)c(OC)c1)NC1CCN(C2CCCCC2)CC1.I. The molecule has 1 aromatic carbocycles. The minimum absolute atomic E-state index is 0. The zero-order valence-electron chi connectivity index (χ0n) is 19.8. The maximum Gasteiger partial charge on any atom is 0.191 e. The molecule has 0 amide bonds. The van der Waals surface area contributed by atoms with Gasteiger partial charge in [-0.3, -0.25) is 4.99 Å². The van der Waals surface area contributed by atoms with Gasteiger partial charge in [0.1, 0.15) is 0 Å². The van der Waals surface area contributed by atoms with Gasteiger partial charge in [0, 0.05) is 31.7 Å². The molecule has 2 aliphatic rings. The molecule has 32 heavy (non-hydrogen) atoms. The fraction of sp³-hybridized carbons (Fsp3) is 0.708. The second-order valence-corrected chi connectivity index (χ2v) is 8.60. The number of hydrogen-bond acceptors (Lipinski definition) is 5. The molecule has 1 aromatic rings. The number of aliphatic imine (C=N–C) groups is 1. The Kier molecular flexibility index (Phi) is 11.9. The van der Waals surface area contributed by atoms with Crippen LogP contribution >= 0.6 is 24.0 Å². The molecule has 1 atom stereocenters. The van der Waals surface area contributed by atoms with Gasteiger partial charge in [-0.25, -0.2) is 0 Å². The second kappa shape index (κ2) is 14.1. The quantitative estimate of drug-likeness (QED) is 0.256. The largest absolute Gasteiger partial charge is 0.493 e. The number of methoxy groups -OCH3 is 2. The number of rotatable bonds is 8. The van der Waals surface area contributed by atoms with Crippen LogP contribution in [0, 0.1) is 0 Å². The molecule has 1 unspecified atom stereocenters. The average Bonchev–Trinajstić information content (AvgIpc) is 2.83. The highest BCUT2D eigenvalue weighted by Gasteiger charge is 2.26. The van der Waals surface area contributed by atoms with E-state index in [-0.39, 0.29) is 30.5 Å². The van der Waals surface area contributed by atoms with Gasteiger partial charge in [-0.05, 0) is 50.3 Å². The van der Waals surface area contributed by atoms with Crippen molar-refractivity contribution in [1.29, 1.82) is 0 Å². The van der Waals surface area contributed by atoms with Crippen LogP contribution in [0.1, 0.15) is 63.5 Å². The van der Waals surface area contributed by atoms with Gasteiger partial charge in [-0.2, -0.15) is 0 Å². The van der Waals surface area contributed by atoms with E-state index in [1.54, 1.807) is 20.3 Å². The van der Waals surface area contributed by atoms with Crippen LogP contribution < -0.4 is 20.1 Å². The van der Waals surface area contributed by atoms with E-state index in [2.05, 4.69) is 27.4 Å². The molecular weight excluding hydrogens is 519 g/mol. The fourth-order valence-electron chi connectivity index (χ4n) is 4.71. The van der Waals surface area contributed by atoms with Crippen LogP contribution in [-0.2, 0) is 0 Å². The molecule has 1 aliphatic carbocycles. The van der Waals surface area contributed by atoms with Gasteiger partial charge in [-0.1, -0.05) is 25.3 Å². The van der Waals surface area contributed by atoms with Crippen LogP contribution in [0.3, 0.4) is 0 Å². The molecule has 1 heterocycles. The maximum atomic E-state index is 10.6. The topological polar surface area (TPSA) is 78.4 Å². The van der Waals surface area contributed by atoms with Crippen LogP contribution in [0.5, 0.6) is 11.5 Å². The minimum Gasteiger partial charge on any atom is -0.493 e. The summed E-state index contributed by atoms with van der Waals surface area (Å²) in [6.45, 7) is 5.46. The predicted octanol–water partition coefficient (Wildman–Crippen LogP) is 3.71. The van der Waals surface area contributed by atoms with Crippen molar-refractivity contribution in [1.82, 2.24) is 15.5 Å². The number of aliphatic hydroxyl groups is 1. The van der Waals surface area contributed by atoms with Crippen molar-refractivity contribution >= 4 is 29.9 Å². The zero-order valence-corrected chi connectivity index (χ0v) is 22.1. The first-order chi connectivity index (χ1) is 15.1. The Hall–Kier alpha value is -1.26.